The highest BCUT2D eigenvalue weighted by atomic mass is 16.6. The van der Waals surface area contributed by atoms with Crippen LogP contribution < -0.4 is 15.1 Å². The van der Waals surface area contributed by atoms with Gasteiger partial charge in [0.2, 0.25) is 0 Å². The van der Waals surface area contributed by atoms with Crippen LogP contribution in [0, 0.1) is 0 Å². The van der Waals surface area contributed by atoms with Crippen LogP contribution in [0.5, 0.6) is 11.5 Å². The Labute approximate surface area is 82.2 Å². The van der Waals surface area contributed by atoms with E-state index in [1.807, 2.05) is 0 Å². The van der Waals surface area contributed by atoms with Crippen molar-refractivity contribution in [1.29, 1.82) is 0 Å². The van der Waals surface area contributed by atoms with Crippen LogP contribution in [0.4, 0.5) is 0 Å². The molecule has 0 amide bonds. The lowest BCUT2D eigenvalue weighted by atomic mass is 10.2. The predicted octanol–water partition coefficient (Wildman–Crippen LogP) is -0.628. The SMILES string of the molecule is NCCOc1ccc(OB(O)O)cc1. The number of benzene rings is 1. The predicted molar refractivity (Wildman–Crippen MR) is 51.8 cm³/mol. The van der Waals surface area contributed by atoms with Gasteiger partial charge in [0.1, 0.15) is 18.1 Å². The van der Waals surface area contributed by atoms with Crippen LogP contribution in [0.1, 0.15) is 0 Å². The van der Waals surface area contributed by atoms with Crippen LogP contribution in [0.3, 0.4) is 0 Å². The molecule has 4 N–H and O–H groups in total. The van der Waals surface area contributed by atoms with E-state index in [0.717, 1.165) is 0 Å². The highest BCUT2D eigenvalue weighted by Gasteiger charge is 2.10. The molecule has 0 fully saturated rings. The average molecular weight is 197 g/mol. The lowest BCUT2D eigenvalue weighted by molar-refractivity contribution is 0.287. The molecule has 0 unspecified atom stereocenters. The van der Waals surface area contributed by atoms with Crippen LogP contribution in [0.2, 0.25) is 0 Å². The van der Waals surface area contributed by atoms with Crippen molar-refractivity contribution in [1.82, 2.24) is 0 Å². The maximum atomic E-state index is 8.50. The molecule has 76 valence electrons. The first-order valence-corrected chi connectivity index (χ1v) is 4.18. The van der Waals surface area contributed by atoms with Gasteiger partial charge >= 0.3 is 7.32 Å². The smallest absolute Gasteiger partial charge is 0.512 e. The molecule has 1 aromatic carbocycles. The van der Waals surface area contributed by atoms with Crippen molar-refractivity contribution >= 4 is 7.32 Å². The molecular weight excluding hydrogens is 185 g/mol. The van der Waals surface area contributed by atoms with Crippen LogP contribution in [0.15, 0.2) is 24.3 Å². The van der Waals surface area contributed by atoms with Crippen LogP contribution in [0.25, 0.3) is 0 Å². The average Bonchev–Trinajstić information content (AvgIpc) is 2.16. The Morgan fingerprint density at radius 3 is 2.21 bits per heavy atom. The van der Waals surface area contributed by atoms with E-state index in [-0.39, 0.29) is 0 Å². The summed E-state index contributed by atoms with van der Waals surface area (Å²) in [6.07, 6.45) is 0. The Morgan fingerprint density at radius 1 is 1.14 bits per heavy atom. The number of rotatable bonds is 5. The second-order valence-electron chi connectivity index (χ2n) is 2.55. The fraction of sp³-hybridized carbons (Fsp3) is 0.250. The quantitative estimate of drug-likeness (QED) is 0.547. The van der Waals surface area contributed by atoms with Gasteiger partial charge in [0, 0.05) is 6.54 Å². The van der Waals surface area contributed by atoms with E-state index in [2.05, 4.69) is 4.65 Å². The lowest BCUT2D eigenvalue weighted by Crippen LogP contribution is -2.20. The number of nitrogens with two attached hydrogens (primary N) is 1. The Morgan fingerprint density at radius 2 is 1.71 bits per heavy atom. The Kier molecular flexibility index (Phi) is 4.25. The summed E-state index contributed by atoms with van der Waals surface area (Å²) < 4.78 is 9.81. The molecule has 1 aromatic rings. The summed E-state index contributed by atoms with van der Waals surface area (Å²) >= 11 is 0. The summed E-state index contributed by atoms with van der Waals surface area (Å²) in [4.78, 5) is 0. The monoisotopic (exact) mass is 197 g/mol. The minimum Gasteiger partial charge on any atom is -0.512 e. The van der Waals surface area contributed by atoms with Gasteiger partial charge in [-0.15, -0.1) is 0 Å². The molecule has 0 atom stereocenters. The van der Waals surface area contributed by atoms with Gasteiger partial charge in [0.15, 0.2) is 0 Å². The first-order valence-electron chi connectivity index (χ1n) is 4.18. The van der Waals surface area contributed by atoms with Gasteiger partial charge in [-0.2, -0.15) is 0 Å². The molecule has 0 aliphatic heterocycles. The second-order valence-corrected chi connectivity index (χ2v) is 2.55. The van der Waals surface area contributed by atoms with E-state index >= 15 is 0 Å². The van der Waals surface area contributed by atoms with Gasteiger partial charge in [-0.1, -0.05) is 0 Å². The first-order chi connectivity index (χ1) is 6.72. The summed E-state index contributed by atoms with van der Waals surface area (Å²) in [6, 6.07) is 6.47. The molecule has 0 radical (unpaired) electrons. The largest absolute Gasteiger partial charge is 0.707 e. The third-order valence-corrected chi connectivity index (χ3v) is 1.45. The zero-order valence-corrected chi connectivity index (χ0v) is 7.59. The van der Waals surface area contributed by atoms with Crippen molar-refractivity contribution in [3.8, 4) is 11.5 Å². The molecule has 0 aliphatic carbocycles. The summed E-state index contributed by atoms with van der Waals surface area (Å²) in [5.74, 6) is 1.02. The highest BCUT2D eigenvalue weighted by Crippen LogP contribution is 2.17. The molecule has 1 rings (SSSR count). The van der Waals surface area contributed by atoms with E-state index in [1.165, 1.54) is 0 Å². The molecule has 0 aliphatic rings. The van der Waals surface area contributed by atoms with Gasteiger partial charge in [0.25, 0.3) is 0 Å². The number of ether oxygens (including phenoxy) is 1. The second kappa shape index (κ2) is 5.49. The van der Waals surface area contributed by atoms with E-state index < -0.39 is 7.32 Å². The molecule has 0 bridgehead atoms. The van der Waals surface area contributed by atoms with Gasteiger partial charge in [0.05, 0.1) is 0 Å². The van der Waals surface area contributed by atoms with Crippen molar-refractivity contribution < 1.29 is 19.4 Å². The standard InChI is InChI=1S/C8H12BNO4/c10-5-6-13-7-1-3-8(4-2-7)14-9(11)12/h1-4,11-12H,5-6,10H2. The fourth-order valence-electron chi connectivity index (χ4n) is 0.913. The lowest BCUT2D eigenvalue weighted by Gasteiger charge is -2.06. The Balaban J connectivity index is 2.50. The Hall–Kier alpha value is -1.24. The van der Waals surface area contributed by atoms with Crippen LogP contribution >= 0.6 is 0 Å². The van der Waals surface area contributed by atoms with Gasteiger partial charge in [-0.25, -0.2) is 0 Å². The Bertz CT molecular complexity index is 265. The van der Waals surface area contributed by atoms with E-state index in [9.17, 15) is 0 Å². The molecule has 0 aromatic heterocycles. The molecule has 0 saturated carbocycles. The molecule has 0 heterocycles. The van der Waals surface area contributed by atoms with E-state index in [1.54, 1.807) is 24.3 Å². The molecule has 5 nitrogen and oxygen atoms in total. The third-order valence-electron chi connectivity index (χ3n) is 1.45. The number of hydrogen-bond donors (Lipinski definition) is 3. The first kappa shape index (κ1) is 10.8. The summed E-state index contributed by atoms with van der Waals surface area (Å²) in [6.45, 7) is 0.899. The third kappa shape index (κ3) is 3.65. The zero-order chi connectivity index (χ0) is 10.4. The molecule has 14 heavy (non-hydrogen) atoms. The van der Waals surface area contributed by atoms with Crippen molar-refractivity contribution in [2.45, 2.75) is 0 Å². The summed E-state index contributed by atoms with van der Waals surface area (Å²) in [7, 11) is -1.80. The van der Waals surface area contributed by atoms with Crippen LogP contribution in [-0.4, -0.2) is 30.5 Å². The normalized spacial score (nSPS) is 9.64. The zero-order valence-electron chi connectivity index (χ0n) is 7.59. The molecular formula is C8H12BNO4. The molecule has 0 saturated heterocycles. The van der Waals surface area contributed by atoms with E-state index in [4.69, 9.17) is 20.5 Å². The van der Waals surface area contributed by atoms with E-state index in [0.29, 0.717) is 24.7 Å². The highest BCUT2D eigenvalue weighted by molar-refractivity contribution is 6.33. The maximum Gasteiger partial charge on any atom is 0.707 e. The van der Waals surface area contributed by atoms with Crippen molar-refractivity contribution in [2.75, 3.05) is 13.2 Å². The topological polar surface area (TPSA) is 84.9 Å². The summed E-state index contributed by atoms with van der Waals surface area (Å²) in [5, 5.41) is 17.0. The molecule has 0 spiro atoms. The molecule has 6 heteroatoms. The number of hydrogen-bond acceptors (Lipinski definition) is 5. The van der Waals surface area contributed by atoms with Crippen molar-refractivity contribution in [3.63, 3.8) is 0 Å². The van der Waals surface area contributed by atoms with Gasteiger partial charge in [-0.05, 0) is 24.3 Å². The minimum atomic E-state index is -1.80. The van der Waals surface area contributed by atoms with Crippen molar-refractivity contribution in [2.24, 2.45) is 5.73 Å². The maximum absolute atomic E-state index is 8.50. The van der Waals surface area contributed by atoms with Crippen molar-refractivity contribution in [3.05, 3.63) is 24.3 Å². The fourth-order valence-corrected chi connectivity index (χ4v) is 0.913. The van der Waals surface area contributed by atoms with Gasteiger partial charge < -0.3 is 25.2 Å². The summed E-state index contributed by atoms with van der Waals surface area (Å²) in [5.41, 5.74) is 5.26. The van der Waals surface area contributed by atoms with Gasteiger partial charge in [-0.3, -0.25) is 0 Å². The van der Waals surface area contributed by atoms with Crippen LogP contribution in [-0.2, 0) is 0 Å². The minimum absolute atomic E-state index is 0.361.